The van der Waals surface area contributed by atoms with Gasteiger partial charge in [-0.3, -0.25) is 0 Å². The van der Waals surface area contributed by atoms with E-state index in [9.17, 15) is 4.39 Å². The van der Waals surface area contributed by atoms with Crippen molar-refractivity contribution in [3.63, 3.8) is 0 Å². The van der Waals surface area contributed by atoms with Crippen molar-refractivity contribution in [3.05, 3.63) is 76.5 Å². The maximum atomic E-state index is 14.0. The summed E-state index contributed by atoms with van der Waals surface area (Å²) in [6, 6.07) is 13.0. The number of nitrogens with zero attached hydrogens (tertiary/aromatic N) is 2. The highest BCUT2D eigenvalue weighted by Gasteiger charge is 2.26. The van der Waals surface area contributed by atoms with Gasteiger partial charge >= 0.3 is 0 Å². The summed E-state index contributed by atoms with van der Waals surface area (Å²) < 4.78 is 22.2. The summed E-state index contributed by atoms with van der Waals surface area (Å²) in [4.78, 5) is 4.46. The van der Waals surface area contributed by atoms with Crippen LogP contribution in [0.5, 0.6) is 5.75 Å². The molecule has 3 aromatic rings. The van der Waals surface area contributed by atoms with E-state index in [1.807, 2.05) is 41.1 Å². The van der Waals surface area contributed by atoms with Gasteiger partial charge in [0.1, 0.15) is 18.2 Å². The number of halogens is 2. The zero-order valence-electron chi connectivity index (χ0n) is 13.0. The molecule has 4 rings (SSSR count). The lowest BCUT2D eigenvalue weighted by atomic mass is 10.2. The maximum Gasteiger partial charge on any atom is 0.146 e. The van der Waals surface area contributed by atoms with Gasteiger partial charge in [0.05, 0.1) is 22.2 Å². The Bertz CT molecular complexity index is 859. The van der Waals surface area contributed by atoms with Crippen LogP contribution >= 0.6 is 15.9 Å². The molecule has 0 unspecified atom stereocenters. The number of aromatic nitrogens is 2. The minimum Gasteiger partial charge on any atom is -0.487 e. The second-order valence-corrected chi connectivity index (χ2v) is 6.84. The number of benzene rings is 2. The van der Waals surface area contributed by atoms with Gasteiger partial charge in [-0.2, -0.15) is 0 Å². The quantitative estimate of drug-likeness (QED) is 0.600. The highest BCUT2D eigenvalue weighted by molar-refractivity contribution is 9.10. The second-order valence-electron chi connectivity index (χ2n) is 5.99. The molecule has 1 aliphatic rings. The summed E-state index contributed by atoms with van der Waals surface area (Å²) in [5.41, 5.74) is 2.90. The Morgan fingerprint density at radius 3 is 2.75 bits per heavy atom. The molecular formula is C19H16BrFN2O. The normalized spacial score (nSPS) is 13.9. The first kappa shape index (κ1) is 15.4. The Hall–Kier alpha value is -2.14. The lowest BCUT2D eigenvalue weighted by Crippen LogP contribution is -2.01. The van der Waals surface area contributed by atoms with Gasteiger partial charge in [0.25, 0.3) is 0 Å². The number of hydrogen-bond donors (Lipinski definition) is 0. The van der Waals surface area contributed by atoms with E-state index in [0.29, 0.717) is 22.7 Å². The molecule has 1 aromatic heterocycles. The SMILES string of the molecule is Fc1cc(OCc2ccccc2)c(-n2cnc(C3CC3)c2)cc1Br. The van der Waals surface area contributed by atoms with Crippen molar-refractivity contribution in [2.45, 2.75) is 25.4 Å². The fourth-order valence-electron chi connectivity index (χ4n) is 2.63. The Kier molecular flexibility index (Phi) is 4.10. The molecule has 2 aromatic carbocycles. The Labute approximate surface area is 148 Å². The van der Waals surface area contributed by atoms with Crippen molar-refractivity contribution in [2.75, 3.05) is 0 Å². The zero-order chi connectivity index (χ0) is 16.5. The van der Waals surface area contributed by atoms with Crippen molar-refractivity contribution >= 4 is 15.9 Å². The first-order valence-electron chi connectivity index (χ1n) is 7.91. The molecule has 1 saturated carbocycles. The van der Waals surface area contributed by atoms with Crippen molar-refractivity contribution in [1.29, 1.82) is 0 Å². The summed E-state index contributed by atoms with van der Waals surface area (Å²) in [5, 5.41) is 0. The first-order chi connectivity index (χ1) is 11.7. The van der Waals surface area contributed by atoms with Gasteiger partial charge in [0.15, 0.2) is 0 Å². The molecule has 0 aliphatic heterocycles. The van der Waals surface area contributed by atoms with Gasteiger partial charge in [-0.1, -0.05) is 30.3 Å². The second kappa shape index (κ2) is 6.40. The summed E-state index contributed by atoms with van der Waals surface area (Å²) >= 11 is 3.26. The van der Waals surface area contributed by atoms with Crippen LogP contribution in [-0.4, -0.2) is 9.55 Å². The Balaban J connectivity index is 1.65. The van der Waals surface area contributed by atoms with Crippen molar-refractivity contribution in [2.24, 2.45) is 0 Å². The van der Waals surface area contributed by atoms with E-state index in [1.54, 1.807) is 12.4 Å². The lowest BCUT2D eigenvalue weighted by molar-refractivity contribution is 0.303. The van der Waals surface area contributed by atoms with Gasteiger partial charge in [-0.05, 0) is 40.4 Å². The van der Waals surface area contributed by atoms with E-state index in [1.165, 1.54) is 18.9 Å². The molecule has 122 valence electrons. The molecule has 0 saturated heterocycles. The molecule has 3 nitrogen and oxygen atoms in total. The van der Waals surface area contributed by atoms with Crippen LogP contribution in [0.2, 0.25) is 0 Å². The van der Waals surface area contributed by atoms with E-state index < -0.39 is 0 Å². The summed E-state index contributed by atoms with van der Waals surface area (Å²) in [6.45, 7) is 0.388. The van der Waals surface area contributed by atoms with Crippen LogP contribution in [0.3, 0.4) is 0 Å². The van der Waals surface area contributed by atoms with Crippen LogP contribution in [0.15, 0.2) is 59.5 Å². The van der Waals surface area contributed by atoms with Crippen LogP contribution < -0.4 is 4.74 Å². The largest absolute Gasteiger partial charge is 0.487 e. The topological polar surface area (TPSA) is 27.1 Å². The molecular weight excluding hydrogens is 371 g/mol. The van der Waals surface area contributed by atoms with Gasteiger partial charge in [-0.15, -0.1) is 0 Å². The summed E-state index contributed by atoms with van der Waals surface area (Å²) in [6.07, 6.45) is 6.17. The van der Waals surface area contributed by atoms with Crippen molar-refractivity contribution < 1.29 is 9.13 Å². The van der Waals surface area contributed by atoms with Crippen molar-refractivity contribution in [1.82, 2.24) is 9.55 Å². The van der Waals surface area contributed by atoms with Crippen LogP contribution in [0.4, 0.5) is 4.39 Å². The Morgan fingerprint density at radius 2 is 2.00 bits per heavy atom. The van der Waals surface area contributed by atoms with Gasteiger partial charge in [0.2, 0.25) is 0 Å². The van der Waals surface area contributed by atoms with Crippen molar-refractivity contribution in [3.8, 4) is 11.4 Å². The number of rotatable bonds is 5. The van der Waals surface area contributed by atoms with Crippen LogP contribution in [0.25, 0.3) is 5.69 Å². The van der Waals surface area contributed by atoms with E-state index in [4.69, 9.17) is 4.74 Å². The minimum atomic E-state index is -0.343. The molecule has 0 radical (unpaired) electrons. The molecule has 1 fully saturated rings. The van der Waals surface area contributed by atoms with Gasteiger partial charge in [-0.25, -0.2) is 9.37 Å². The van der Waals surface area contributed by atoms with Crippen LogP contribution in [0, 0.1) is 5.82 Å². The zero-order valence-corrected chi connectivity index (χ0v) is 14.5. The smallest absolute Gasteiger partial charge is 0.146 e. The monoisotopic (exact) mass is 386 g/mol. The molecule has 0 bridgehead atoms. The third-order valence-electron chi connectivity index (χ3n) is 4.12. The lowest BCUT2D eigenvalue weighted by Gasteiger charge is -2.13. The fourth-order valence-corrected chi connectivity index (χ4v) is 2.96. The molecule has 1 heterocycles. The van der Waals surface area contributed by atoms with E-state index in [0.717, 1.165) is 16.9 Å². The predicted molar refractivity (Wildman–Crippen MR) is 94.0 cm³/mol. The van der Waals surface area contributed by atoms with E-state index in [2.05, 4.69) is 20.9 Å². The van der Waals surface area contributed by atoms with E-state index >= 15 is 0 Å². The third kappa shape index (κ3) is 3.22. The Morgan fingerprint density at radius 1 is 1.21 bits per heavy atom. The van der Waals surface area contributed by atoms with Crippen LogP contribution in [0.1, 0.15) is 30.0 Å². The van der Waals surface area contributed by atoms with Gasteiger partial charge < -0.3 is 9.30 Å². The molecule has 24 heavy (non-hydrogen) atoms. The fraction of sp³-hybridized carbons (Fsp3) is 0.211. The van der Waals surface area contributed by atoms with Crippen LogP contribution in [-0.2, 0) is 6.61 Å². The first-order valence-corrected chi connectivity index (χ1v) is 8.70. The number of imidazole rings is 1. The standard InChI is InChI=1S/C19H16BrFN2O/c20-15-8-18(23-10-17(22-12-23)14-6-7-14)19(9-16(15)21)24-11-13-4-2-1-3-5-13/h1-5,8-10,12,14H,6-7,11H2. The number of hydrogen-bond acceptors (Lipinski definition) is 2. The highest BCUT2D eigenvalue weighted by Crippen LogP contribution is 2.39. The average molecular weight is 387 g/mol. The molecule has 0 spiro atoms. The number of ether oxygens (including phenoxy) is 1. The molecule has 0 atom stereocenters. The summed E-state index contributed by atoms with van der Waals surface area (Å²) in [7, 11) is 0. The molecule has 5 heteroatoms. The van der Waals surface area contributed by atoms with Gasteiger partial charge in [0, 0.05) is 18.2 Å². The maximum absolute atomic E-state index is 14.0. The molecule has 0 N–H and O–H groups in total. The minimum absolute atomic E-state index is 0.343. The predicted octanol–water partition coefficient (Wildman–Crippen LogP) is 5.23. The third-order valence-corrected chi connectivity index (χ3v) is 4.72. The average Bonchev–Trinajstić information content (AvgIpc) is 3.34. The molecule has 1 aliphatic carbocycles. The highest BCUT2D eigenvalue weighted by atomic mass is 79.9. The summed E-state index contributed by atoms with van der Waals surface area (Å²) in [5.74, 6) is 0.729. The molecule has 0 amide bonds. The van der Waals surface area contributed by atoms with E-state index in [-0.39, 0.29) is 5.82 Å².